The molecule has 0 aromatic heterocycles. The number of carbonyl (C=O) groups is 3. The molecule has 0 aliphatic carbocycles. The van der Waals surface area contributed by atoms with E-state index in [1.54, 1.807) is 0 Å². The Hall–Kier alpha value is -3.47. The zero-order valence-corrected chi connectivity index (χ0v) is 17.0. The molecule has 2 aromatic carbocycles. The molecule has 2 aliphatic rings. The summed E-state index contributed by atoms with van der Waals surface area (Å²) >= 11 is 0. The molecule has 0 bridgehead atoms. The van der Waals surface area contributed by atoms with Crippen LogP contribution in [0.1, 0.15) is 16.8 Å². The third kappa shape index (κ3) is 4.22. The number of anilines is 1. The summed E-state index contributed by atoms with van der Waals surface area (Å²) in [5, 5.41) is 0. The summed E-state index contributed by atoms with van der Waals surface area (Å²) in [5.41, 5.74) is 0.375. The van der Waals surface area contributed by atoms with Gasteiger partial charge in [0.2, 0.25) is 0 Å². The number of ether oxygens (including phenoxy) is 1. The summed E-state index contributed by atoms with van der Waals surface area (Å²) in [4.78, 5) is 38.7. The number of benzene rings is 2. The number of likely N-dealkylation sites (tertiary alicyclic amines) is 1. The maximum absolute atomic E-state index is 13.4. The second kappa shape index (κ2) is 7.99. The van der Waals surface area contributed by atoms with Gasteiger partial charge in [-0.2, -0.15) is 0 Å². The van der Waals surface area contributed by atoms with Gasteiger partial charge in [-0.3, -0.25) is 14.3 Å². The fraction of sp³-hybridized carbons (Fsp3) is 0.250. The molecule has 1 N–H and O–H groups in total. The van der Waals surface area contributed by atoms with E-state index in [4.69, 9.17) is 4.74 Å². The number of rotatable bonds is 5. The fourth-order valence-electron chi connectivity index (χ4n) is 3.60. The number of halogens is 1. The van der Waals surface area contributed by atoms with Crippen molar-refractivity contribution in [2.24, 2.45) is 0 Å². The van der Waals surface area contributed by atoms with Crippen LogP contribution in [0.3, 0.4) is 0 Å². The highest BCUT2D eigenvalue weighted by atomic mass is 32.2. The van der Waals surface area contributed by atoms with E-state index in [0.29, 0.717) is 13.0 Å². The molecule has 9 nitrogen and oxygen atoms in total. The van der Waals surface area contributed by atoms with Crippen molar-refractivity contribution in [1.82, 2.24) is 9.80 Å². The summed E-state index contributed by atoms with van der Waals surface area (Å²) in [7, 11) is -4.04. The van der Waals surface area contributed by atoms with Crippen LogP contribution in [-0.4, -0.2) is 61.9 Å². The molecule has 0 spiro atoms. The minimum atomic E-state index is -4.04. The number of hydrogen-bond acceptors (Lipinski definition) is 6. The second-order valence-electron chi connectivity index (χ2n) is 7.16. The molecular weight excluding hydrogens is 429 g/mol. The molecule has 2 fully saturated rings. The summed E-state index contributed by atoms with van der Waals surface area (Å²) in [6.07, 6.45) is -0.281. The van der Waals surface area contributed by atoms with E-state index in [0.717, 1.165) is 17.0 Å². The molecule has 2 heterocycles. The maximum Gasteiger partial charge on any atom is 0.417 e. The molecule has 2 aromatic rings. The van der Waals surface area contributed by atoms with Gasteiger partial charge in [0.15, 0.2) is 6.61 Å². The van der Waals surface area contributed by atoms with Gasteiger partial charge in [-0.15, -0.1) is 0 Å². The Bertz CT molecular complexity index is 1150. The van der Waals surface area contributed by atoms with Crippen molar-refractivity contribution in [1.29, 1.82) is 0 Å². The summed E-state index contributed by atoms with van der Waals surface area (Å²) in [5.74, 6) is -1.48. The van der Waals surface area contributed by atoms with Gasteiger partial charge in [0.1, 0.15) is 5.82 Å². The molecule has 11 heteroatoms. The van der Waals surface area contributed by atoms with Crippen LogP contribution in [0.5, 0.6) is 0 Å². The molecule has 162 valence electrons. The normalized spacial score (nSPS) is 18.9. The number of hydrogen-bond donors (Lipinski definition) is 1. The zero-order valence-electron chi connectivity index (χ0n) is 16.2. The number of sulfonamides is 1. The molecule has 1 atom stereocenters. The predicted octanol–water partition coefficient (Wildman–Crippen LogP) is 1.82. The van der Waals surface area contributed by atoms with Crippen LogP contribution in [-0.2, 0) is 19.6 Å². The fourth-order valence-corrected chi connectivity index (χ4v) is 4.68. The van der Waals surface area contributed by atoms with Gasteiger partial charge in [0, 0.05) is 24.3 Å². The number of nitrogens with zero attached hydrogens (tertiary/aromatic N) is 2. The quantitative estimate of drug-likeness (QED) is 0.748. The predicted molar refractivity (Wildman–Crippen MR) is 106 cm³/mol. The van der Waals surface area contributed by atoms with Crippen molar-refractivity contribution in [3.8, 4) is 0 Å². The summed E-state index contributed by atoms with van der Waals surface area (Å²) in [6.45, 7) is 0.204. The van der Waals surface area contributed by atoms with Crippen molar-refractivity contribution in [2.75, 3.05) is 24.4 Å². The molecule has 0 saturated carbocycles. The van der Waals surface area contributed by atoms with Gasteiger partial charge < -0.3 is 9.64 Å². The molecule has 0 unspecified atom stereocenters. The van der Waals surface area contributed by atoms with E-state index in [1.807, 2.05) is 0 Å². The van der Waals surface area contributed by atoms with Crippen LogP contribution < -0.4 is 4.72 Å². The van der Waals surface area contributed by atoms with Crippen LogP contribution in [0.15, 0.2) is 53.4 Å². The van der Waals surface area contributed by atoms with Crippen molar-refractivity contribution in [2.45, 2.75) is 17.4 Å². The van der Waals surface area contributed by atoms with Gasteiger partial charge in [0.05, 0.1) is 10.9 Å². The third-order valence-corrected chi connectivity index (χ3v) is 6.45. The maximum atomic E-state index is 13.4. The van der Waals surface area contributed by atoms with Gasteiger partial charge in [-0.25, -0.2) is 22.5 Å². The van der Waals surface area contributed by atoms with Crippen molar-refractivity contribution < 1.29 is 31.9 Å². The van der Waals surface area contributed by atoms with Crippen LogP contribution in [0.4, 0.5) is 14.9 Å². The van der Waals surface area contributed by atoms with E-state index in [1.165, 1.54) is 41.3 Å². The first kappa shape index (κ1) is 20.8. The Balaban J connectivity index is 1.48. The van der Waals surface area contributed by atoms with Crippen LogP contribution in [0, 0.1) is 5.82 Å². The lowest BCUT2D eigenvalue weighted by atomic mass is 10.2. The number of nitrogens with one attached hydrogen (secondary N) is 1. The summed E-state index contributed by atoms with van der Waals surface area (Å²) < 4.78 is 45.4. The van der Waals surface area contributed by atoms with E-state index in [9.17, 15) is 27.2 Å². The largest absolute Gasteiger partial charge is 0.439 e. The van der Waals surface area contributed by atoms with Gasteiger partial charge in [0.25, 0.3) is 21.8 Å². The highest BCUT2D eigenvalue weighted by Gasteiger charge is 2.41. The minimum absolute atomic E-state index is 0.143. The Kier molecular flexibility index (Phi) is 5.36. The average Bonchev–Trinajstić information content (AvgIpc) is 3.33. The van der Waals surface area contributed by atoms with Crippen LogP contribution >= 0.6 is 0 Å². The first-order valence-electron chi connectivity index (χ1n) is 9.41. The topological polar surface area (TPSA) is 113 Å². The Morgan fingerprint density at radius 2 is 1.90 bits per heavy atom. The second-order valence-corrected chi connectivity index (χ2v) is 8.84. The molecule has 0 radical (unpaired) electrons. The first-order valence-corrected chi connectivity index (χ1v) is 10.9. The molecule has 2 saturated heterocycles. The lowest BCUT2D eigenvalue weighted by molar-refractivity contribution is -0.127. The SMILES string of the molecule is O=C(c1cccc(NS(=O)(=O)c2cccc(F)c2)c1)N1CC[C@H](N2C(=O)COC2=O)C1. The highest BCUT2D eigenvalue weighted by molar-refractivity contribution is 7.92. The third-order valence-electron chi connectivity index (χ3n) is 5.07. The van der Waals surface area contributed by atoms with Crippen molar-refractivity contribution >= 4 is 33.6 Å². The van der Waals surface area contributed by atoms with Crippen LogP contribution in [0.25, 0.3) is 0 Å². The summed E-state index contributed by atoms with van der Waals surface area (Å²) in [6, 6.07) is 10.0. The van der Waals surface area contributed by atoms with Gasteiger partial charge >= 0.3 is 6.09 Å². The van der Waals surface area contributed by atoms with Crippen molar-refractivity contribution in [3.63, 3.8) is 0 Å². The van der Waals surface area contributed by atoms with E-state index < -0.39 is 33.9 Å². The molecule has 3 amide bonds. The average molecular weight is 447 g/mol. The highest BCUT2D eigenvalue weighted by Crippen LogP contribution is 2.23. The standard InChI is InChI=1S/C20H18FN3O6S/c21-14-4-2-6-17(10-14)31(28,29)22-15-5-1-3-13(9-15)19(26)23-8-7-16(11-23)24-18(25)12-30-20(24)27/h1-6,9-10,16,22H,7-8,11-12H2/t16-/m0/s1. The van der Waals surface area contributed by atoms with Crippen molar-refractivity contribution in [3.05, 3.63) is 59.9 Å². The lowest BCUT2D eigenvalue weighted by Gasteiger charge is -2.20. The number of amides is 3. The first-order chi connectivity index (χ1) is 14.7. The molecular formula is C20H18FN3O6S. The van der Waals surface area contributed by atoms with E-state index >= 15 is 0 Å². The minimum Gasteiger partial charge on any atom is -0.439 e. The molecule has 2 aliphatic heterocycles. The van der Waals surface area contributed by atoms with E-state index in [-0.39, 0.29) is 35.2 Å². The lowest BCUT2D eigenvalue weighted by Crippen LogP contribution is -2.42. The molecule has 31 heavy (non-hydrogen) atoms. The molecule has 4 rings (SSSR count). The number of carbonyl (C=O) groups excluding carboxylic acids is 3. The van der Waals surface area contributed by atoms with Crippen LogP contribution in [0.2, 0.25) is 0 Å². The Morgan fingerprint density at radius 3 is 2.61 bits per heavy atom. The Labute approximate surface area is 177 Å². The number of cyclic esters (lactones) is 1. The van der Waals surface area contributed by atoms with Gasteiger partial charge in [-0.1, -0.05) is 12.1 Å². The smallest absolute Gasteiger partial charge is 0.417 e. The van der Waals surface area contributed by atoms with Gasteiger partial charge in [-0.05, 0) is 42.8 Å². The monoisotopic (exact) mass is 447 g/mol. The van der Waals surface area contributed by atoms with E-state index in [2.05, 4.69) is 4.72 Å². The zero-order chi connectivity index (χ0) is 22.2. The number of imide groups is 1. The Morgan fingerprint density at radius 1 is 1.13 bits per heavy atom.